The van der Waals surface area contributed by atoms with Gasteiger partial charge in [-0.15, -0.1) is 0 Å². The number of ether oxygens (including phenoxy) is 1. The lowest BCUT2D eigenvalue weighted by Crippen LogP contribution is -2.54. The Balaban J connectivity index is 1.28. The van der Waals surface area contributed by atoms with Crippen molar-refractivity contribution in [3.05, 3.63) is 65.7 Å². The van der Waals surface area contributed by atoms with Crippen LogP contribution in [0.15, 0.2) is 54.6 Å². The third-order valence-corrected chi connectivity index (χ3v) is 6.58. The number of piperazine rings is 1. The molecule has 2 aliphatic heterocycles. The lowest BCUT2D eigenvalue weighted by molar-refractivity contribution is -0.144. The van der Waals surface area contributed by atoms with Crippen LogP contribution >= 0.6 is 0 Å². The maximum atomic E-state index is 13.2. The van der Waals surface area contributed by atoms with Gasteiger partial charge in [0.25, 0.3) is 5.91 Å². The third kappa shape index (κ3) is 5.53. The molecule has 0 saturated carbocycles. The number of carbonyl (C=O) groups excluding carboxylic acids is 3. The van der Waals surface area contributed by atoms with Gasteiger partial charge in [-0.1, -0.05) is 30.3 Å². The topological polar surface area (TPSA) is 70.2 Å². The van der Waals surface area contributed by atoms with Crippen molar-refractivity contribution in [2.24, 2.45) is 5.92 Å². The molecule has 0 unspecified atom stereocenters. The number of methoxy groups -OCH3 is 1. The fourth-order valence-electron chi connectivity index (χ4n) is 4.55. The SMILES string of the molecule is COc1ccc(C(=O)N2CCN(C(=O)[C@H]3CCC(=O)N(CCc4ccccc4)C3)CC2)cc1. The van der Waals surface area contributed by atoms with Gasteiger partial charge in [-0.2, -0.15) is 0 Å². The molecule has 0 radical (unpaired) electrons. The highest BCUT2D eigenvalue weighted by Crippen LogP contribution is 2.22. The molecule has 1 atom stereocenters. The molecular formula is C26H31N3O4. The molecule has 3 amide bonds. The monoisotopic (exact) mass is 449 g/mol. The van der Waals surface area contributed by atoms with Crippen LogP contribution in [0.1, 0.15) is 28.8 Å². The van der Waals surface area contributed by atoms with E-state index in [1.165, 1.54) is 5.56 Å². The number of amides is 3. The van der Waals surface area contributed by atoms with E-state index in [1.807, 2.05) is 28.0 Å². The molecule has 0 bridgehead atoms. The number of hydrogen-bond acceptors (Lipinski definition) is 4. The summed E-state index contributed by atoms with van der Waals surface area (Å²) in [6.07, 6.45) is 1.81. The Morgan fingerprint density at radius 1 is 0.939 bits per heavy atom. The fourth-order valence-corrected chi connectivity index (χ4v) is 4.55. The molecule has 0 N–H and O–H groups in total. The Morgan fingerprint density at radius 3 is 2.27 bits per heavy atom. The van der Waals surface area contributed by atoms with Crippen molar-refractivity contribution >= 4 is 17.7 Å². The number of piperidine rings is 1. The van der Waals surface area contributed by atoms with E-state index < -0.39 is 0 Å². The molecule has 0 aliphatic carbocycles. The van der Waals surface area contributed by atoms with Crippen LogP contribution in [0.5, 0.6) is 5.75 Å². The second-order valence-corrected chi connectivity index (χ2v) is 8.66. The predicted octanol–water partition coefficient (Wildman–Crippen LogP) is 2.46. The lowest BCUT2D eigenvalue weighted by atomic mass is 9.95. The molecule has 2 aromatic carbocycles. The summed E-state index contributed by atoms with van der Waals surface area (Å²) in [4.78, 5) is 43.8. The number of carbonyl (C=O) groups is 3. The van der Waals surface area contributed by atoms with Crippen molar-refractivity contribution in [1.29, 1.82) is 0 Å². The first-order valence-electron chi connectivity index (χ1n) is 11.6. The van der Waals surface area contributed by atoms with Crippen molar-refractivity contribution in [3.63, 3.8) is 0 Å². The quantitative estimate of drug-likeness (QED) is 0.679. The van der Waals surface area contributed by atoms with Crippen molar-refractivity contribution in [2.75, 3.05) is 46.4 Å². The van der Waals surface area contributed by atoms with Crippen LogP contribution in [-0.4, -0.2) is 78.8 Å². The van der Waals surface area contributed by atoms with Crippen LogP contribution in [0.3, 0.4) is 0 Å². The minimum absolute atomic E-state index is 0.0277. The Kier molecular flexibility index (Phi) is 7.27. The van der Waals surface area contributed by atoms with E-state index in [0.29, 0.717) is 63.4 Å². The number of hydrogen-bond donors (Lipinski definition) is 0. The average Bonchev–Trinajstić information content (AvgIpc) is 2.88. The zero-order chi connectivity index (χ0) is 23.2. The van der Waals surface area contributed by atoms with Crippen LogP contribution in [0, 0.1) is 5.92 Å². The number of nitrogens with zero attached hydrogens (tertiary/aromatic N) is 3. The van der Waals surface area contributed by atoms with Crippen LogP contribution in [-0.2, 0) is 16.0 Å². The molecule has 2 heterocycles. The molecule has 2 aromatic rings. The summed E-state index contributed by atoms with van der Waals surface area (Å²) in [5.41, 5.74) is 1.81. The van der Waals surface area contributed by atoms with Crippen molar-refractivity contribution in [2.45, 2.75) is 19.3 Å². The standard InChI is InChI=1S/C26H31N3O4/c1-33-23-10-7-21(8-11-23)25(31)27-15-17-28(18-16-27)26(32)22-9-12-24(30)29(19-22)14-13-20-5-3-2-4-6-20/h2-8,10-11,22H,9,12-19H2,1H3/t22-/m0/s1. The zero-order valence-corrected chi connectivity index (χ0v) is 19.1. The Hall–Kier alpha value is -3.35. The van der Waals surface area contributed by atoms with Crippen LogP contribution < -0.4 is 4.74 Å². The molecule has 4 rings (SSSR count). The summed E-state index contributed by atoms with van der Waals surface area (Å²) in [6, 6.07) is 17.2. The van der Waals surface area contributed by atoms with Gasteiger partial charge in [0.05, 0.1) is 13.0 Å². The minimum atomic E-state index is -0.165. The van der Waals surface area contributed by atoms with Gasteiger partial charge >= 0.3 is 0 Å². The highest BCUT2D eigenvalue weighted by atomic mass is 16.5. The molecular weight excluding hydrogens is 418 g/mol. The van der Waals surface area contributed by atoms with E-state index in [4.69, 9.17) is 4.74 Å². The molecule has 174 valence electrons. The maximum Gasteiger partial charge on any atom is 0.253 e. The first kappa shape index (κ1) is 22.8. The molecule has 2 saturated heterocycles. The van der Waals surface area contributed by atoms with Gasteiger partial charge in [-0.05, 0) is 42.7 Å². The molecule has 0 spiro atoms. The number of benzene rings is 2. The first-order chi connectivity index (χ1) is 16.0. The zero-order valence-electron chi connectivity index (χ0n) is 19.1. The minimum Gasteiger partial charge on any atom is -0.497 e. The Morgan fingerprint density at radius 2 is 1.61 bits per heavy atom. The number of rotatable bonds is 6. The van der Waals surface area contributed by atoms with E-state index >= 15 is 0 Å². The Labute approximate surface area is 194 Å². The lowest BCUT2D eigenvalue weighted by Gasteiger charge is -2.39. The van der Waals surface area contributed by atoms with Crippen LogP contribution in [0.4, 0.5) is 0 Å². The van der Waals surface area contributed by atoms with Gasteiger partial charge in [0.1, 0.15) is 5.75 Å². The highest BCUT2D eigenvalue weighted by Gasteiger charge is 2.34. The summed E-state index contributed by atoms with van der Waals surface area (Å²) in [7, 11) is 1.60. The third-order valence-electron chi connectivity index (χ3n) is 6.58. The first-order valence-corrected chi connectivity index (χ1v) is 11.6. The Bertz CT molecular complexity index is 969. The predicted molar refractivity (Wildman–Crippen MR) is 125 cm³/mol. The van der Waals surface area contributed by atoms with Gasteiger partial charge in [0, 0.05) is 51.3 Å². The second kappa shape index (κ2) is 10.5. The summed E-state index contributed by atoms with van der Waals surface area (Å²) in [5, 5.41) is 0. The smallest absolute Gasteiger partial charge is 0.253 e. The summed E-state index contributed by atoms with van der Waals surface area (Å²) in [5.74, 6) is 0.752. The maximum absolute atomic E-state index is 13.2. The van der Waals surface area contributed by atoms with Crippen molar-refractivity contribution in [1.82, 2.24) is 14.7 Å². The van der Waals surface area contributed by atoms with E-state index in [9.17, 15) is 14.4 Å². The van der Waals surface area contributed by atoms with Gasteiger partial charge < -0.3 is 19.4 Å². The molecule has 2 fully saturated rings. The van der Waals surface area contributed by atoms with E-state index in [2.05, 4.69) is 12.1 Å². The molecule has 33 heavy (non-hydrogen) atoms. The van der Waals surface area contributed by atoms with Gasteiger partial charge in [0.15, 0.2) is 0 Å². The van der Waals surface area contributed by atoms with E-state index in [-0.39, 0.29) is 23.6 Å². The van der Waals surface area contributed by atoms with Crippen LogP contribution in [0.2, 0.25) is 0 Å². The van der Waals surface area contributed by atoms with Crippen LogP contribution in [0.25, 0.3) is 0 Å². The molecule has 0 aromatic heterocycles. The molecule has 7 heteroatoms. The summed E-state index contributed by atoms with van der Waals surface area (Å²) < 4.78 is 5.15. The van der Waals surface area contributed by atoms with E-state index in [1.54, 1.807) is 36.3 Å². The summed E-state index contributed by atoms with van der Waals surface area (Å²) >= 11 is 0. The van der Waals surface area contributed by atoms with Crippen molar-refractivity contribution < 1.29 is 19.1 Å². The second-order valence-electron chi connectivity index (χ2n) is 8.66. The number of likely N-dealkylation sites (tertiary alicyclic amines) is 1. The highest BCUT2D eigenvalue weighted by molar-refractivity contribution is 5.94. The fraction of sp³-hybridized carbons (Fsp3) is 0.423. The van der Waals surface area contributed by atoms with Gasteiger partial charge in [-0.25, -0.2) is 0 Å². The average molecular weight is 450 g/mol. The normalized spacial score (nSPS) is 18.9. The van der Waals surface area contributed by atoms with Gasteiger partial charge in [-0.3, -0.25) is 14.4 Å². The van der Waals surface area contributed by atoms with Gasteiger partial charge in [0.2, 0.25) is 11.8 Å². The molecule has 7 nitrogen and oxygen atoms in total. The summed E-state index contributed by atoms with van der Waals surface area (Å²) in [6.45, 7) is 3.19. The van der Waals surface area contributed by atoms with E-state index in [0.717, 1.165) is 6.42 Å². The molecule has 2 aliphatic rings. The largest absolute Gasteiger partial charge is 0.497 e. The van der Waals surface area contributed by atoms with Crippen molar-refractivity contribution in [3.8, 4) is 5.75 Å².